The maximum atomic E-state index is 13.5. The van der Waals surface area contributed by atoms with Crippen molar-refractivity contribution in [2.75, 3.05) is 7.05 Å². The molecule has 1 aromatic carbocycles. The third-order valence-corrected chi connectivity index (χ3v) is 3.62. The number of benzene rings is 1. The molecule has 1 heterocycles. The topological polar surface area (TPSA) is 25.2 Å². The van der Waals surface area contributed by atoms with Gasteiger partial charge in [0.05, 0.1) is 12.3 Å². The van der Waals surface area contributed by atoms with E-state index in [-0.39, 0.29) is 11.9 Å². The third kappa shape index (κ3) is 2.67. The number of hydrogen-bond donors (Lipinski definition) is 1. The lowest BCUT2D eigenvalue weighted by Crippen LogP contribution is -2.19. The molecule has 0 bridgehead atoms. The largest absolute Gasteiger partial charge is 0.469 e. The van der Waals surface area contributed by atoms with Gasteiger partial charge < -0.3 is 9.73 Å². The molecule has 2 rings (SSSR count). The van der Waals surface area contributed by atoms with Gasteiger partial charge in [0.15, 0.2) is 0 Å². The van der Waals surface area contributed by atoms with Crippen LogP contribution in [0, 0.1) is 12.7 Å². The Bertz CT molecular complexity index is 580. The molecule has 0 aliphatic rings. The molecule has 1 atom stereocenters. The maximum Gasteiger partial charge on any atom is 0.127 e. The number of nitrogens with one attached hydrogen (secondary N) is 1. The normalized spacial score (nSPS) is 12.7. The molecule has 4 heteroatoms. The predicted molar refractivity (Wildman–Crippen MR) is 75.1 cm³/mol. The van der Waals surface area contributed by atoms with Crippen LogP contribution in [0.4, 0.5) is 4.39 Å². The van der Waals surface area contributed by atoms with Gasteiger partial charge in [-0.25, -0.2) is 4.39 Å². The lowest BCUT2D eigenvalue weighted by atomic mass is 9.97. The summed E-state index contributed by atoms with van der Waals surface area (Å²) in [7, 11) is 1.85. The SMILES string of the molecule is CCc1occc1C(NC)c1cc(C)c(F)cc1Cl. The highest BCUT2D eigenvalue weighted by Crippen LogP contribution is 2.32. The zero-order chi connectivity index (χ0) is 14.0. The fraction of sp³-hybridized carbons (Fsp3) is 0.333. The lowest BCUT2D eigenvalue weighted by Gasteiger charge is -2.19. The average molecular weight is 282 g/mol. The summed E-state index contributed by atoms with van der Waals surface area (Å²) in [5, 5.41) is 3.64. The molecule has 1 aromatic heterocycles. The first kappa shape index (κ1) is 14.1. The zero-order valence-electron chi connectivity index (χ0n) is 11.3. The molecular formula is C15H17ClFNO. The van der Waals surface area contributed by atoms with Gasteiger partial charge in [0.25, 0.3) is 0 Å². The quantitative estimate of drug-likeness (QED) is 0.906. The van der Waals surface area contributed by atoms with Crippen molar-refractivity contribution in [1.82, 2.24) is 5.32 Å². The van der Waals surface area contributed by atoms with Gasteiger partial charge in [-0.3, -0.25) is 0 Å². The molecule has 102 valence electrons. The van der Waals surface area contributed by atoms with Gasteiger partial charge in [0, 0.05) is 17.0 Å². The number of rotatable bonds is 4. The molecule has 1 unspecified atom stereocenters. The highest BCUT2D eigenvalue weighted by molar-refractivity contribution is 6.31. The molecule has 0 spiro atoms. The third-order valence-electron chi connectivity index (χ3n) is 3.29. The molecule has 2 nitrogen and oxygen atoms in total. The van der Waals surface area contributed by atoms with Crippen LogP contribution in [0.25, 0.3) is 0 Å². The Balaban J connectivity index is 2.51. The van der Waals surface area contributed by atoms with E-state index < -0.39 is 0 Å². The van der Waals surface area contributed by atoms with Crippen molar-refractivity contribution < 1.29 is 8.81 Å². The van der Waals surface area contributed by atoms with Gasteiger partial charge in [-0.1, -0.05) is 18.5 Å². The Labute approximate surface area is 117 Å². The van der Waals surface area contributed by atoms with Crippen LogP contribution < -0.4 is 5.32 Å². The van der Waals surface area contributed by atoms with E-state index in [1.165, 1.54) is 6.07 Å². The van der Waals surface area contributed by atoms with E-state index in [1.54, 1.807) is 19.3 Å². The molecular weight excluding hydrogens is 265 g/mol. The summed E-state index contributed by atoms with van der Waals surface area (Å²) in [6.45, 7) is 3.77. The number of furan rings is 1. The standard InChI is InChI=1S/C15H17ClFNO/c1-4-14-10(5-6-19-14)15(18-3)11-7-9(2)13(17)8-12(11)16/h5-8,15,18H,4H2,1-3H3. The second-order valence-electron chi connectivity index (χ2n) is 4.50. The van der Waals surface area contributed by atoms with Gasteiger partial charge >= 0.3 is 0 Å². The second-order valence-corrected chi connectivity index (χ2v) is 4.90. The summed E-state index contributed by atoms with van der Waals surface area (Å²) in [6.07, 6.45) is 2.47. The number of aryl methyl sites for hydroxylation is 2. The van der Waals surface area contributed by atoms with E-state index in [4.69, 9.17) is 16.0 Å². The summed E-state index contributed by atoms with van der Waals surface area (Å²) in [6, 6.07) is 4.98. The Morgan fingerprint density at radius 1 is 1.37 bits per heavy atom. The molecule has 0 saturated heterocycles. The molecule has 0 amide bonds. The summed E-state index contributed by atoms with van der Waals surface area (Å²) < 4.78 is 18.9. The number of hydrogen-bond acceptors (Lipinski definition) is 2. The fourth-order valence-corrected chi connectivity index (χ4v) is 2.53. The summed E-state index contributed by atoms with van der Waals surface area (Å²) in [4.78, 5) is 0. The van der Waals surface area contributed by atoms with E-state index in [9.17, 15) is 4.39 Å². The van der Waals surface area contributed by atoms with Gasteiger partial charge in [0.1, 0.15) is 11.6 Å². The van der Waals surface area contributed by atoms with Gasteiger partial charge in [-0.2, -0.15) is 0 Å². The monoisotopic (exact) mass is 281 g/mol. The van der Waals surface area contributed by atoms with Crippen LogP contribution in [0.5, 0.6) is 0 Å². The lowest BCUT2D eigenvalue weighted by molar-refractivity contribution is 0.504. The van der Waals surface area contributed by atoms with Crippen molar-refractivity contribution in [3.63, 3.8) is 0 Å². The van der Waals surface area contributed by atoms with Gasteiger partial charge in [0.2, 0.25) is 0 Å². The number of halogens is 2. The van der Waals surface area contributed by atoms with Crippen LogP contribution in [0.15, 0.2) is 28.9 Å². The Kier molecular flexibility index (Phi) is 4.27. The van der Waals surface area contributed by atoms with E-state index >= 15 is 0 Å². The first-order valence-electron chi connectivity index (χ1n) is 6.27. The minimum Gasteiger partial charge on any atom is -0.469 e. The van der Waals surface area contributed by atoms with E-state index in [0.29, 0.717) is 10.6 Å². The van der Waals surface area contributed by atoms with Crippen LogP contribution in [-0.2, 0) is 6.42 Å². The van der Waals surface area contributed by atoms with Gasteiger partial charge in [-0.05, 0) is 43.3 Å². The molecule has 0 fully saturated rings. The van der Waals surface area contributed by atoms with Crippen LogP contribution >= 0.6 is 11.6 Å². The minimum atomic E-state index is -0.286. The van der Waals surface area contributed by atoms with Gasteiger partial charge in [-0.15, -0.1) is 0 Å². The first-order chi connectivity index (χ1) is 9.08. The fourth-order valence-electron chi connectivity index (χ4n) is 2.27. The molecule has 0 aliphatic carbocycles. The summed E-state index contributed by atoms with van der Waals surface area (Å²) >= 11 is 6.18. The van der Waals surface area contributed by atoms with Crippen LogP contribution in [-0.4, -0.2) is 7.05 Å². The molecule has 2 aromatic rings. The molecule has 0 aliphatic heterocycles. The van der Waals surface area contributed by atoms with Crippen molar-refractivity contribution in [2.45, 2.75) is 26.3 Å². The second kappa shape index (κ2) is 5.76. The Morgan fingerprint density at radius 3 is 2.74 bits per heavy atom. The highest BCUT2D eigenvalue weighted by atomic mass is 35.5. The smallest absolute Gasteiger partial charge is 0.127 e. The molecule has 0 saturated carbocycles. The van der Waals surface area contributed by atoms with E-state index in [2.05, 4.69) is 5.32 Å². The van der Waals surface area contributed by atoms with Crippen LogP contribution in [0.1, 0.15) is 35.4 Å². The van der Waals surface area contributed by atoms with Crippen molar-refractivity contribution >= 4 is 11.6 Å². The first-order valence-corrected chi connectivity index (χ1v) is 6.65. The summed E-state index contributed by atoms with van der Waals surface area (Å²) in [5.74, 6) is 0.629. The minimum absolute atomic E-state index is 0.0968. The van der Waals surface area contributed by atoms with Crippen LogP contribution in [0.3, 0.4) is 0 Å². The Morgan fingerprint density at radius 2 is 2.11 bits per heavy atom. The molecule has 1 N–H and O–H groups in total. The van der Waals surface area contributed by atoms with Crippen molar-refractivity contribution in [2.24, 2.45) is 0 Å². The summed E-state index contributed by atoms with van der Waals surface area (Å²) in [5.41, 5.74) is 2.48. The van der Waals surface area contributed by atoms with Crippen molar-refractivity contribution in [3.05, 3.63) is 57.8 Å². The van der Waals surface area contributed by atoms with Crippen molar-refractivity contribution in [1.29, 1.82) is 0 Å². The maximum absolute atomic E-state index is 13.5. The predicted octanol–water partition coefficient (Wildman–Crippen LogP) is 4.25. The van der Waals surface area contributed by atoms with E-state index in [0.717, 1.165) is 23.3 Å². The molecule has 0 radical (unpaired) electrons. The highest BCUT2D eigenvalue weighted by Gasteiger charge is 2.20. The van der Waals surface area contributed by atoms with Crippen molar-refractivity contribution in [3.8, 4) is 0 Å². The Hall–Kier alpha value is -1.32. The zero-order valence-corrected chi connectivity index (χ0v) is 12.0. The average Bonchev–Trinajstić information content (AvgIpc) is 2.84. The van der Waals surface area contributed by atoms with E-state index in [1.807, 2.05) is 20.0 Å². The van der Waals surface area contributed by atoms with Crippen LogP contribution in [0.2, 0.25) is 5.02 Å². The molecule has 19 heavy (non-hydrogen) atoms.